The molecule has 1 aromatic carbocycles. The van der Waals surface area contributed by atoms with Crippen molar-refractivity contribution in [3.05, 3.63) is 35.4 Å². The second-order valence-corrected chi connectivity index (χ2v) is 6.01. The van der Waals surface area contributed by atoms with Crippen LogP contribution in [0.3, 0.4) is 0 Å². The van der Waals surface area contributed by atoms with Crippen LogP contribution >= 0.6 is 0 Å². The van der Waals surface area contributed by atoms with Gasteiger partial charge in [-0.15, -0.1) is 0 Å². The van der Waals surface area contributed by atoms with E-state index in [9.17, 15) is 9.59 Å². The Hall–Kier alpha value is -1.88. The molecular weight excluding hydrogens is 292 g/mol. The summed E-state index contributed by atoms with van der Waals surface area (Å²) in [6.45, 7) is 4.12. The fourth-order valence-electron chi connectivity index (χ4n) is 2.62. The minimum absolute atomic E-state index is 0.0489. The monoisotopic (exact) mass is 318 g/mol. The molecule has 0 spiro atoms. The number of nitrogens with zero attached hydrogens (tertiary/aromatic N) is 1. The Balaban J connectivity index is 1.95. The van der Waals surface area contributed by atoms with Gasteiger partial charge in [0.1, 0.15) is 0 Å². The van der Waals surface area contributed by atoms with E-state index in [4.69, 9.17) is 4.74 Å². The summed E-state index contributed by atoms with van der Waals surface area (Å²) in [6, 6.07) is 6.90. The molecule has 1 aliphatic heterocycles. The third kappa shape index (κ3) is 5.06. The summed E-state index contributed by atoms with van der Waals surface area (Å²) in [6.07, 6.45) is 4.17. The van der Waals surface area contributed by atoms with Crippen molar-refractivity contribution in [2.45, 2.75) is 38.7 Å². The van der Waals surface area contributed by atoms with E-state index >= 15 is 0 Å². The van der Waals surface area contributed by atoms with Gasteiger partial charge in [-0.3, -0.25) is 9.59 Å². The molecule has 1 heterocycles. The van der Waals surface area contributed by atoms with Crippen molar-refractivity contribution in [1.82, 2.24) is 10.2 Å². The largest absolute Gasteiger partial charge is 0.376 e. The van der Waals surface area contributed by atoms with Crippen molar-refractivity contribution in [3.63, 3.8) is 0 Å². The Morgan fingerprint density at radius 3 is 2.83 bits per heavy atom. The second kappa shape index (κ2) is 8.67. The van der Waals surface area contributed by atoms with Gasteiger partial charge in [0.05, 0.1) is 6.10 Å². The van der Waals surface area contributed by atoms with Crippen LogP contribution in [0.25, 0.3) is 0 Å². The van der Waals surface area contributed by atoms with Gasteiger partial charge in [-0.1, -0.05) is 19.4 Å². The molecule has 1 fully saturated rings. The number of ether oxygens (including phenoxy) is 1. The van der Waals surface area contributed by atoms with Gasteiger partial charge in [0, 0.05) is 37.9 Å². The van der Waals surface area contributed by atoms with Crippen LogP contribution in [-0.4, -0.2) is 49.6 Å². The number of nitrogens with one attached hydrogen (secondary N) is 1. The van der Waals surface area contributed by atoms with Gasteiger partial charge in [-0.25, -0.2) is 0 Å². The standard InChI is InChI=1S/C18H26N2O3/c1-3-4-10-20(2)18(22)15-8-5-7-14(12-15)17(21)19-13-16-9-6-11-23-16/h5,7-8,12,16H,3-4,6,9-11,13H2,1-2H3,(H,19,21). The maximum absolute atomic E-state index is 12.4. The van der Waals surface area contributed by atoms with Crippen molar-refractivity contribution in [2.75, 3.05) is 26.7 Å². The average molecular weight is 318 g/mol. The molecule has 1 N–H and O–H groups in total. The molecule has 126 valence electrons. The molecule has 5 nitrogen and oxygen atoms in total. The lowest BCUT2D eigenvalue weighted by molar-refractivity contribution is 0.0793. The zero-order valence-corrected chi connectivity index (χ0v) is 14.0. The molecular formula is C18H26N2O3. The van der Waals surface area contributed by atoms with Gasteiger partial charge in [0.2, 0.25) is 0 Å². The predicted molar refractivity (Wildman–Crippen MR) is 89.6 cm³/mol. The van der Waals surface area contributed by atoms with Gasteiger partial charge < -0.3 is 15.0 Å². The Morgan fingerprint density at radius 2 is 2.13 bits per heavy atom. The van der Waals surface area contributed by atoms with Gasteiger partial charge in [0.15, 0.2) is 0 Å². The van der Waals surface area contributed by atoms with Crippen LogP contribution in [0.15, 0.2) is 24.3 Å². The molecule has 1 unspecified atom stereocenters. The predicted octanol–water partition coefficient (Wildman–Crippen LogP) is 2.47. The third-order valence-corrected chi connectivity index (χ3v) is 4.08. The van der Waals surface area contributed by atoms with Crippen molar-refractivity contribution >= 4 is 11.8 Å². The van der Waals surface area contributed by atoms with E-state index in [1.165, 1.54) is 0 Å². The van der Waals surface area contributed by atoms with Crippen LogP contribution in [0.4, 0.5) is 0 Å². The fourth-order valence-corrected chi connectivity index (χ4v) is 2.62. The van der Waals surface area contributed by atoms with Crippen LogP contribution in [0.1, 0.15) is 53.3 Å². The summed E-state index contributed by atoms with van der Waals surface area (Å²) < 4.78 is 5.49. The molecule has 1 aliphatic rings. The summed E-state index contributed by atoms with van der Waals surface area (Å²) in [5, 5.41) is 2.88. The SMILES string of the molecule is CCCCN(C)C(=O)c1cccc(C(=O)NCC2CCCO2)c1. The van der Waals surface area contributed by atoms with E-state index < -0.39 is 0 Å². The van der Waals surface area contributed by atoms with Gasteiger partial charge in [0.25, 0.3) is 11.8 Å². The highest BCUT2D eigenvalue weighted by Crippen LogP contribution is 2.12. The number of amides is 2. The zero-order valence-electron chi connectivity index (χ0n) is 14.0. The van der Waals surface area contributed by atoms with E-state index in [-0.39, 0.29) is 17.9 Å². The summed E-state index contributed by atoms with van der Waals surface area (Å²) >= 11 is 0. The lowest BCUT2D eigenvalue weighted by Crippen LogP contribution is -2.32. The first-order valence-corrected chi connectivity index (χ1v) is 8.37. The number of benzene rings is 1. The van der Waals surface area contributed by atoms with Crippen LogP contribution in [-0.2, 0) is 4.74 Å². The number of carbonyl (C=O) groups excluding carboxylic acids is 2. The van der Waals surface area contributed by atoms with E-state index in [1.807, 2.05) is 0 Å². The smallest absolute Gasteiger partial charge is 0.253 e. The van der Waals surface area contributed by atoms with Crippen LogP contribution in [0, 0.1) is 0 Å². The summed E-state index contributed by atoms with van der Waals surface area (Å²) in [7, 11) is 1.79. The van der Waals surface area contributed by atoms with Crippen molar-refractivity contribution in [2.24, 2.45) is 0 Å². The van der Waals surface area contributed by atoms with Gasteiger partial charge in [-0.2, -0.15) is 0 Å². The normalized spacial score (nSPS) is 17.0. The topological polar surface area (TPSA) is 58.6 Å². The number of rotatable bonds is 7. The summed E-state index contributed by atoms with van der Waals surface area (Å²) in [5.74, 6) is -0.210. The highest BCUT2D eigenvalue weighted by atomic mass is 16.5. The first-order valence-electron chi connectivity index (χ1n) is 8.37. The maximum Gasteiger partial charge on any atom is 0.253 e. The van der Waals surface area contributed by atoms with E-state index in [0.717, 1.165) is 38.8 Å². The highest BCUT2D eigenvalue weighted by molar-refractivity contribution is 5.99. The van der Waals surface area contributed by atoms with Crippen LogP contribution in [0.2, 0.25) is 0 Å². The minimum Gasteiger partial charge on any atom is -0.376 e. The molecule has 0 radical (unpaired) electrons. The van der Waals surface area contributed by atoms with Crippen LogP contribution < -0.4 is 5.32 Å². The molecule has 1 saturated heterocycles. The fraction of sp³-hybridized carbons (Fsp3) is 0.556. The van der Waals surface area contributed by atoms with E-state index in [0.29, 0.717) is 17.7 Å². The van der Waals surface area contributed by atoms with E-state index in [1.54, 1.807) is 36.2 Å². The van der Waals surface area contributed by atoms with E-state index in [2.05, 4.69) is 12.2 Å². The Kier molecular flexibility index (Phi) is 6.59. The molecule has 0 bridgehead atoms. The number of hydrogen-bond donors (Lipinski definition) is 1. The molecule has 2 rings (SSSR count). The Morgan fingerprint density at radius 1 is 1.35 bits per heavy atom. The molecule has 23 heavy (non-hydrogen) atoms. The molecule has 1 aromatic rings. The second-order valence-electron chi connectivity index (χ2n) is 6.01. The molecule has 0 saturated carbocycles. The molecule has 0 aromatic heterocycles. The highest BCUT2D eigenvalue weighted by Gasteiger charge is 2.18. The number of carbonyl (C=O) groups is 2. The summed E-state index contributed by atoms with van der Waals surface area (Å²) in [5.41, 5.74) is 1.06. The lowest BCUT2D eigenvalue weighted by Gasteiger charge is -2.17. The quantitative estimate of drug-likeness (QED) is 0.840. The van der Waals surface area contributed by atoms with Crippen molar-refractivity contribution in [3.8, 4) is 0 Å². The zero-order chi connectivity index (χ0) is 16.7. The van der Waals surface area contributed by atoms with Gasteiger partial charge >= 0.3 is 0 Å². The number of hydrogen-bond acceptors (Lipinski definition) is 3. The van der Waals surface area contributed by atoms with Gasteiger partial charge in [-0.05, 0) is 37.5 Å². The number of unbranched alkanes of at least 4 members (excludes halogenated alkanes) is 1. The third-order valence-electron chi connectivity index (χ3n) is 4.08. The maximum atomic E-state index is 12.4. The summed E-state index contributed by atoms with van der Waals surface area (Å²) in [4.78, 5) is 26.3. The molecule has 2 amide bonds. The van der Waals surface area contributed by atoms with Crippen molar-refractivity contribution in [1.29, 1.82) is 0 Å². The molecule has 1 atom stereocenters. The van der Waals surface area contributed by atoms with Crippen molar-refractivity contribution < 1.29 is 14.3 Å². The Labute approximate surface area is 138 Å². The lowest BCUT2D eigenvalue weighted by atomic mass is 10.1. The first-order chi connectivity index (χ1) is 11.1. The molecule has 0 aliphatic carbocycles. The first kappa shape index (κ1) is 17.5. The molecule has 5 heteroatoms. The van der Waals surface area contributed by atoms with Crippen LogP contribution in [0.5, 0.6) is 0 Å². The average Bonchev–Trinajstić information content (AvgIpc) is 3.10. The Bertz CT molecular complexity index is 539. The minimum atomic E-state index is -0.161.